The quantitative estimate of drug-likeness (QED) is 0.584. The molecule has 1 aliphatic heterocycles. The third-order valence-electron chi connectivity index (χ3n) is 5.11. The molecule has 1 aromatic carbocycles. The van der Waals surface area contributed by atoms with Gasteiger partial charge in [-0.1, -0.05) is 12.1 Å². The summed E-state index contributed by atoms with van der Waals surface area (Å²) in [7, 11) is 1.64. The fourth-order valence-electron chi connectivity index (χ4n) is 3.65. The number of ketones is 1. The summed E-state index contributed by atoms with van der Waals surface area (Å²) in [5, 5.41) is 3.02. The molecule has 3 rings (SSSR count). The number of aromatic amines is 1. The molecule has 27 heavy (non-hydrogen) atoms. The largest absolute Gasteiger partial charge is 0.497 e. The van der Waals surface area contributed by atoms with Gasteiger partial charge in [-0.3, -0.25) is 15.0 Å². The molecule has 1 aliphatic rings. The van der Waals surface area contributed by atoms with E-state index in [1.807, 2.05) is 31.2 Å². The molecule has 1 fully saturated rings. The van der Waals surface area contributed by atoms with Gasteiger partial charge >= 0.3 is 0 Å². The minimum atomic E-state index is -0.158. The number of rotatable bonds is 6. The SMILES string of the molecule is COc1ccc(C2NNCC2CNC(=O)c2c(C)[nH]c(C(C)=O)c2C)cc1. The number of hydrazine groups is 1. The minimum Gasteiger partial charge on any atom is -0.497 e. The van der Waals surface area contributed by atoms with E-state index in [-0.39, 0.29) is 23.7 Å². The Labute approximate surface area is 158 Å². The van der Waals surface area contributed by atoms with E-state index in [1.165, 1.54) is 6.92 Å². The fourth-order valence-corrected chi connectivity index (χ4v) is 3.65. The number of nitrogens with one attached hydrogen (secondary N) is 4. The van der Waals surface area contributed by atoms with Gasteiger partial charge in [-0.25, -0.2) is 5.43 Å². The number of carbonyl (C=O) groups excluding carboxylic acids is 2. The van der Waals surface area contributed by atoms with Crippen LogP contribution in [0.2, 0.25) is 0 Å². The van der Waals surface area contributed by atoms with E-state index in [2.05, 4.69) is 21.2 Å². The highest BCUT2D eigenvalue weighted by atomic mass is 16.5. The lowest BCUT2D eigenvalue weighted by Crippen LogP contribution is -2.33. The van der Waals surface area contributed by atoms with Crippen LogP contribution in [-0.2, 0) is 0 Å². The molecule has 0 saturated carbocycles. The number of hydrogen-bond donors (Lipinski definition) is 4. The number of benzene rings is 1. The second-order valence-electron chi connectivity index (χ2n) is 6.93. The molecule has 0 bridgehead atoms. The predicted octanol–water partition coefficient (Wildman–Crippen LogP) is 2.04. The van der Waals surface area contributed by atoms with E-state index in [0.717, 1.165) is 17.9 Å². The van der Waals surface area contributed by atoms with Crippen LogP contribution >= 0.6 is 0 Å². The Morgan fingerprint density at radius 3 is 2.52 bits per heavy atom. The summed E-state index contributed by atoms with van der Waals surface area (Å²) in [5.41, 5.74) is 10.0. The van der Waals surface area contributed by atoms with Crippen molar-refractivity contribution >= 4 is 11.7 Å². The summed E-state index contributed by atoms with van der Waals surface area (Å²) in [4.78, 5) is 27.4. The van der Waals surface area contributed by atoms with Crippen molar-refractivity contribution in [2.75, 3.05) is 20.2 Å². The van der Waals surface area contributed by atoms with Crippen LogP contribution in [0.3, 0.4) is 0 Å². The van der Waals surface area contributed by atoms with Gasteiger partial charge in [-0.15, -0.1) is 0 Å². The lowest BCUT2D eigenvalue weighted by Gasteiger charge is -2.19. The number of aryl methyl sites for hydroxylation is 1. The average molecular weight is 370 g/mol. The summed E-state index contributed by atoms with van der Waals surface area (Å²) in [6, 6.07) is 8.01. The lowest BCUT2D eigenvalue weighted by molar-refractivity contribution is 0.0945. The first-order chi connectivity index (χ1) is 12.9. The van der Waals surface area contributed by atoms with Gasteiger partial charge in [0.15, 0.2) is 5.78 Å². The van der Waals surface area contributed by atoms with Crippen LogP contribution in [0.5, 0.6) is 5.75 Å². The lowest BCUT2D eigenvalue weighted by atomic mass is 9.94. The minimum absolute atomic E-state index is 0.0709. The fraction of sp³-hybridized carbons (Fsp3) is 0.400. The number of H-pyrrole nitrogens is 1. The van der Waals surface area contributed by atoms with E-state index in [0.29, 0.717) is 29.1 Å². The van der Waals surface area contributed by atoms with Crippen LogP contribution in [0.15, 0.2) is 24.3 Å². The molecule has 2 unspecified atom stereocenters. The molecule has 4 N–H and O–H groups in total. The first kappa shape index (κ1) is 19.1. The Kier molecular flexibility index (Phi) is 5.62. The Bertz CT molecular complexity index is 842. The smallest absolute Gasteiger partial charge is 0.253 e. The van der Waals surface area contributed by atoms with Gasteiger partial charge in [-0.05, 0) is 37.1 Å². The third-order valence-corrected chi connectivity index (χ3v) is 5.11. The molecule has 2 aromatic rings. The zero-order valence-electron chi connectivity index (χ0n) is 16.1. The highest BCUT2D eigenvalue weighted by Crippen LogP contribution is 2.26. The standard InChI is InChI=1S/C20H26N4O3/c1-11-17(12(2)23-18(11)13(3)25)20(26)21-9-15-10-22-24-19(15)14-5-7-16(27-4)8-6-14/h5-8,15,19,22-24H,9-10H2,1-4H3,(H,21,26). The highest BCUT2D eigenvalue weighted by molar-refractivity contribution is 6.02. The van der Waals surface area contributed by atoms with E-state index in [1.54, 1.807) is 14.0 Å². The molecule has 2 atom stereocenters. The van der Waals surface area contributed by atoms with Crippen molar-refractivity contribution in [3.05, 3.63) is 52.3 Å². The number of hydrogen-bond acceptors (Lipinski definition) is 5. The van der Waals surface area contributed by atoms with Gasteiger partial charge in [0, 0.05) is 31.6 Å². The normalized spacial score (nSPS) is 19.1. The van der Waals surface area contributed by atoms with Crippen molar-refractivity contribution in [1.82, 2.24) is 21.2 Å². The average Bonchev–Trinajstić information content (AvgIpc) is 3.24. The van der Waals surface area contributed by atoms with Gasteiger partial charge in [0.25, 0.3) is 5.91 Å². The van der Waals surface area contributed by atoms with Crippen molar-refractivity contribution < 1.29 is 14.3 Å². The first-order valence-electron chi connectivity index (χ1n) is 9.03. The Balaban J connectivity index is 1.68. The van der Waals surface area contributed by atoms with Crippen LogP contribution in [0.4, 0.5) is 0 Å². The number of methoxy groups -OCH3 is 1. The van der Waals surface area contributed by atoms with Crippen molar-refractivity contribution in [2.24, 2.45) is 5.92 Å². The molecule has 144 valence electrons. The zero-order valence-corrected chi connectivity index (χ0v) is 16.1. The number of carbonyl (C=O) groups is 2. The Morgan fingerprint density at radius 1 is 1.22 bits per heavy atom. The molecule has 7 nitrogen and oxygen atoms in total. The molecule has 0 spiro atoms. The molecular formula is C20H26N4O3. The number of amides is 1. The van der Waals surface area contributed by atoms with E-state index in [4.69, 9.17) is 4.74 Å². The van der Waals surface area contributed by atoms with E-state index < -0.39 is 0 Å². The van der Waals surface area contributed by atoms with E-state index in [9.17, 15) is 9.59 Å². The van der Waals surface area contributed by atoms with Crippen molar-refractivity contribution in [3.63, 3.8) is 0 Å². The van der Waals surface area contributed by atoms with Gasteiger partial charge in [0.05, 0.1) is 24.4 Å². The van der Waals surface area contributed by atoms with Crippen LogP contribution in [0.1, 0.15) is 50.6 Å². The molecule has 7 heteroatoms. The number of aromatic nitrogens is 1. The number of Topliss-reactive ketones (excluding diaryl/α,β-unsaturated/α-hetero) is 1. The Morgan fingerprint density at radius 2 is 1.93 bits per heavy atom. The van der Waals surface area contributed by atoms with Gasteiger partial charge < -0.3 is 15.0 Å². The second kappa shape index (κ2) is 7.94. The summed E-state index contributed by atoms with van der Waals surface area (Å²) in [6.07, 6.45) is 0. The molecule has 1 amide bonds. The summed E-state index contributed by atoms with van der Waals surface area (Å²) >= 11 is 0. The van der Waals surface area contributed by atoms with Crippen LogP contribution in [-0.4, -0.2) is 36.9 Å². The van der Waals surface area contributed by atoms with Gasteiger partial charge in [-0.2, -0.15) is 0 Å². The molecule has 2 heterocycles. The summed E-state index contributed by atoms with van der Waals surface area (Å²) in [6.45, 7) is 6.38. The Hall–Kier alpha value is -2.64. The molecule has 1 aromatic heterocycles. The monoisotopic (exact) mass is 370 g/mol. The molecule has 0 radical (unpaired) electrons. The molecular weight excluding hydrogens is 344 g/mol. The van der Waals surface area contributed by atoms with Crippen molar-refractivity contribution in [1.29, 1.82) is 0 Å². The highest BCUT2D eigenvalue weighted by Gasteiger charge is 2.29. The zero-order chi connectivity index (χ0) is 19.6. The maximum absolute atomic E-state index is 12.7. The van der Waals surface area contributed by atoms with Gasteiger partial charge in [0.1, 0.15) is 5.75 Å². The van der Waals surface area contributed by atoms with E-state index >= 15 is 0 Å². The summed E-state index contributed by atoms with van der Waals surface area (Å²) in [5.74, 6) is 0.788. The van der Waals surface area contributed by atoms with Crippen molar-refractivity contribution in [2.45, 2.75) is 26.8 Å². The van der Waals surface area contributed by atoms with Crippen molar-refractivity contribution in [3.8, 4) is 5.75 Å². The first-order valence-corrected chi connectivity index (χ1v) is 9.03. The number of ether oxygens (including phenoxy) is 1. The predicted molar refractivity (Wildman–Crippen MR) is 103 cm³/mol. The maximum atomic E-state index is 12.7. The molecule has 0 aliphatic carbocycles. The second-order valence-corrected chi connectivity index (χ2v) is 6.93. The maximum Gasteiger partial charge on any atom is 0.253 e. The molecule has 1 saturated heterocycles. The van der Waals surface area contributed by atoms with Gasteiger partial charge in [0.2, 0.25) is 0 Å². The topological polar surface area (TPSA) is 95.2 Å². The van der Waals surface area contributed by atoms with Crippen LogP contribution in [0, 0.1) is 19.8 Å². The summed E-state index contributed by atoms with van der Waals surface area (Å²) < 4.78 is 5.21. The van der Waals surface area contributed by atoms with Crippen LogP contribution < -0.4 is 20.9 Å². The van der Waals surface area contributed by atoms with Crippen LogP contribution in [0.25, 0.3) is 0 Å². The third kappa shape index (κ3) is 3.89.